The molecule has 1 N–H and O–H groups in total. The van der Waals surface area contributed by atoms with Gasteiger partial charge in [-0.2, -0.15) is 18.4 Å². The van der Waals surface area contributed by atoms with Crippen LogP contribution < -0.4 is 10.2 Å². The molecule has 3 aromatic rings. The molecule has 0 spiro atoms. The van der Waals surface area contributed by atoms with Crippen molar-refractivity contribution in [2.24, 2.45) is 11.8 Å². The van der Waals surface area contributed by atoms with E-state index in [1.807, 2.05) is 25.1 Å². The number of allylic oxidation sites excluding steroid dienone is 1. The van der Waals surface area contributed by atoms with Gasteiger partial charge < -0.3 is 10.2 Å². The number of amides is 1. The third-order valence-electron chi connectivity index (χ3n) is 8.41. The molecular weight excluding hydrogens is 523 g/mol. The van der Waals surface area contributed by atoms with Gasteiger partial charge in [0, 0.05) is 41.4 Å². The van der Waals surface area contributed by atoms with Crippen LogP contribution in [0, 0.1) is 30.1 Å². The minimum absolute atomic E-state index is 0.114. The number of benzene rings is 1. The van der Waals surface area contributed by atoms with Gasteiger partial charge in [0.25, 0.3) is 5.91 Å². The smallest absolute Gasteiger partial charge is 0.354 e. The number of halogens is 3. The lowest BCUT2D eigenvalue weighted by Crippen LogP contribution is -2.42. The third-order valence-corrected chi connectivity index (χ3v) is 9.46. The minimum Gasteiger partial charge on any atom is -0.354 e. The monoisotopic (exact) mass is 551 g/mol. The SMILES string of the molecule is Cc1c(C(=O)NC2CN(c3ncnc4sc(CC(F)(F)F)cc34)CC2C2CCCC2)ccc2c1C=C(C#N)C2. The highest BCUT2D eigenvalue weighted by Crippen LogP contribution is 2.40. The van der Waals surface area contributed by atoms with Gasteiger partial charge in [-0.05, 0) is 47.7 Å². The van der Waals surface area contributed by atoms with Gasteiger partial charge in [0.1, 0.15) is 17.0 Å². The molecule has 3 aliphatic rings. The van der Waals surface area contributed by atoms with Gasteiger partial charge >= 0.3 is 6.18 Å². The van der Waals surface area contributed by atoms with Crippen LogP contribution in [0.1, 0.15) is 57.6 Å². The molecular formula is C29H28F3N5OS. The summed E-state index contributed by atoms with van der Waals surface area (Å²) in [5.41, 5.74) is 4.18. The lowest BCUT2D eigenvalue weighted by molar-refractivity contribution is -0.126. The standard InChI is InChI=1S/C29H28F3N5OS/c1-16-21(7-6-19-8-17(12-33)9-22(16)19)27(38)36-25-14-37(13-24(25)18-4-2-3-5-18)26-23-10-20(11-29(30,31)32)39-28(23)35-15-34-26/h6-7,9-10,15,18,24-25H,2-5,8,11,13-14H2,1H3,(H,36,38). The summed E-state index contributed by atoms with van der Waals surface area (Å²) in [5, 5.41) is 13.2. The van der Waals surface area contributed by atoms with Crippen LogP contribution in [-0.4, -0.2) is 41.2 Å². The van der Waals surface area contributed by atoms with Crippen LogP contribution in [0.2, 0.25) is 0 Å². The highest BCUT2D eigenvalue weighted by Gasteiger charge is 2.41. The van der Waals surface area contributed by atoms with Gasteiger partial charge in [-0.3, -0.25) is 4.79 Å². The number of thiophene rings is 1. The van der Waals surface area contributed by atoms with E-state index in [1.54, 1.807) is 6.07 Å². The number of nitriles is 1. The molecule has 2 aromatic heterocycles. The lowest BCUT2D eigenvalue weighted by Gasteiger charge is -2.25. The zero-order chi connectivity index (χ0) is 27.3. The summed E-state index contributed by atoms with van der Waals surface area (Å²) >= 11 is 1.05. The Morgan fingerprint density at radius 1 is 1.23 bits per heavy atom. The molecule has 0 bridgehead atoms. The normalized spacial score (nSPS) is 21.3. The molecule has 1 saturated heterocycles. The fraction of sp³-hybridized carbons (Fsp3) is 0.448. The summed E-state index contributed by atoms with van der Waals surface area (Å²) in [7, 11) is 0. The zero-order valence-electron chi connectivity index (χ0n) is 21.5. The summed E-state index contributed by atoms with van der Waals surface area (Å²) < 4.78 is 39.1. The van der Waals surface area contributed by atoms with Crippen molar-refractivity contribution in [2.45, 2.75) is 57.7 Å². The average Bonchev–Trinajstić information content (AvgIpc) is 3.67. The minimum atomic E-state index is -4.29. The number of hydrogen-bond donors (Lipinski definition) is 1. The van der Waals surface area contributed by atoms with Crippen LogP contribution in [0.3, 0.4) is 0 Å². The van der Waals surface area contributed by atoms with Crippen molar-refractivity contribution in [1.82, 2.24) is 15.3 Å². The van der Waals surface area contributed by atoms with Crippen molar-refractivity contribution < 1.29 is 18.0 Å². The van der Waals surface area contributed by atoms with Crippen LogP contribution in [0.5, 0.6) is 0 Å². The van der Waals surface area contributed by atoms with Crippen molar-refractivity contribution in [3.63, 3.8) is 0 Å². The Bertz CT molecular complexity index is 1520. The van der Waals surface area contributed by atoms with Crippen molar-refractivity contribution >= 4 is 39.4 Å². The van der Waals surface area contributed by atoms with Gasteiger partial charge in [-0.15, -0.1) is 11.3 Å². The van der Waals surface area contributed by atoms with E-state index in [4.69, 9.17) is 0 Å². The second-order valence-corrected chi connectivity index (χ2v) is 12.0. The van der Waals surface area contributed by atoms with E-state index in [0.717, 1.165) is 40.9 Å². The number of anilines is 1. The maximum Gasteiger partial charge on any atom is 0.393 e. The first-order valence-electron chi connectivity index (χ1n) is 13.3. The van der Waals surface area contributed by atoms with Crippen LogP contribution in [0.15, 0.2) is 30.1 Å². The maximum absolute atomic E-state index is 13.6. The molecule has 6 rings (SSSR count). The predicted molar refractivity (Wildman–Crippen MR) is 145 cm³/mol. The summed E-state index contributed by atoms with van der Waals surface area (Å²) in [5.74, 6) is 1.18. The molecule has 1 aliphatic heterocycles. The molecule has 202 valence electrons. The maximum atomic E-state index is 13.6. The third kappa shape index (κ3) is 5.00. The number of fused-ring (bicyclic) bond motifs is 2. The molecule has 1 amide bonds. The Hall–Kier alpha value is -3.45. The molecule has 2 aliphatic carbocycles. The summed E-state index contributed by atoms with van der Waals surface area (Å²) in [4.78, 5) is 25.2. The number of carbonyl (C=O) groups excluding carboxylic acids is 1. The van der Waals surface area contributed by atoms with Crippen molar-refractivity contribution in [3.8, 4) is 6.07 Å². The Labute approximate surface area is 228 Å². The first-order chi connectivity index (χ1) is 18.7. The summed E-state index contributed by atoms with van der Waals surface area (Å²) in [6.45, 7) is 3.14. The molecule has 6 nitrogen and oxygen atoms in total. The van der Waals surface area contributed by atoms with Gasteiger partial charge in [-0.1, -0.05) is 31.7 Å². The van der Waals surface area contributed by atoms with Crippen molar-refractivity contribution in [1.29, 1.82) is 5.26 Å². The fourth-order valence-electron chi connectivity index (χ4n) is 6.58. The van der Waals surface area contributed by atoms with Crippen LogP contribution in [-0.2, 0) is 12.8 Å². The lowest BCUT2D eigenvalue weighted by atomic mass is 9.86. The van der Waals surface area contributed by atoms with Gasteiger partial charge in [0.2, 0.25) is 0 Å². The second-order valence-electron chi connectivity index (χ2n) is 10.9. The molecule has 2 unspecified atom stereocenters. The van der Waals surface area contributed by atoms with E-state index >= 15 is 0 Å². The largest absolute Gasteiger partial charge is 0.393 e. The average molecular weight is 552 g/mol. The van der Waals surface area contributed by atoms with Crippen molar-refractivity contribution in [3.05, 3.63) is 57.2 Å². The van der Waals surface area contributed by atoms with Crippen molar-refractivity contribution in [2.75, 3.05) is 18.0 Å². The van der Waals surface area contributed by atoms with Gasteiger partial charge in [-0.25, -0.2) is 9.97 Å². The Balaban J connectivity index is 1.28. The first kappa shape index (κ1) is 25.8. The molecule has 39 heavy (non-hydrogen) atoms. The Morgan fingerprint density at radius 2 is 2.03 bits per heavy atom. The van der Waals surface area contributed by atoms with E-state index in [1.165, 1.54) is 19.2 Å². The Kier molecular flexibility index (Phi) is 6.58. The first-order valence-corrected chi connectivity index (χ1v) is 14.1. The van der Waals surface area contributed by atoms with E-state index in [9.17, 15) is 23.2 Å². The van der Waals surface area contributed by atoms with Crippen LogP contribution in [0.25, 0.3) is 16.3 Å². The number of alkyl halides is 3. The number of hydrogen-bond acceptors (Lipinski definition) is 6. The summed E-state index contributed by atoms with van der Waals surface area (Å²) in [6.07, 6.45) is 3.17. The number of nitrogens with one attached hydrogen (secondary N) is 1. The number of carbonyl (C=O) groups is 1. The molecule has 3 heterocycles. The van der Waals surface area contributed by atoms with Crippen LogP contribution in [0.4, 0.5) is 19.0 Å². The Morgan fingerprint density at radius 3 is 2.77 bits per heavy atom. The number of nitrogens with zero attached hydrogens (tertiary/aromatic N) is 4. The molecule has 1 saturated carbocycles. The van der Waals surface area contributed by atoms with E-state index < -0.39 is 12.6 Å². The number of rotatable bonds is 5. The quantitative estimate of drug-likeness (QED) is 0.421. The van der Waals surface area contributed by atoms with E-state index in [-0.39, 0.29) is 22.7 Å². The highest BCUT2D eigenvalue weighted by atomic mass is 32.1. The molecule has 1 aromatic carbocycles. The zero-order valence-corrected chi connectivity index (χ0v) is 22.3. The van der Waals surface area contributed by atoms with E-state index in [0.29, 0.717) is 52.6 Å². The summed E-state index contributed by atoms with van der Waals surface area (Å²) in [6, 6.07) is 7.44. The molecule has 0 radical (unpaired) electrons. The molecule has 2 atom stereocenters. The van der Waals surface area contributed by atoms with E-state index in [2.05, 4.69) is 26.3 Å². The fourth-order valence-corrected chi connectivity index (χ4v) is 7.60. The van der Waals surface area contributed by atoms with Gasteiger partial charge in [0.15, 0.2) is 0 Å². The highest BCUT2D eigenvalue weighted by molar-refractivity contribution is 7.18. The topological polar surface area (TPSA) is 81.9 Å². The molecule has 10 heteroatoms. The molecule has 2 fully saturated rings. The number of aromatic nitrogens is 2. The second kappa shape index (κ2) is 9.94. The van der Waals surface area contributed by atoms with Gasteiger partial charge in [0.05, 0.1) is 23.9 Å². The van der Waals surface area contributed by atoms with Crippen LogP contribution >= 0.6 is 11.3 Å². The predicted octanol–water partition coefficient (Wildman–Crippen LogP) is 5.99.